The second kappa shape index (κ2) is 5.23. The third-order valence-corrected chi connectivity index (χ3v) is 3.20. The summed E-state index contributed by atoms with van der Waals surface area (Å²) >= 11 is 0. The highest BCUT2D eigenvalue weighted by Gasteiger charge is 2.21. The van der Waals surface area contributed by atoms with Gasteiger partial charge in [0.25, 0.3) is 0 Å². The lowest BCUT2D eigenvalue weighted by Crippen LogP contribution is -2.06. The number of aromatic nitrogens is 2. The minimum Gasteiger partial charge on any atom is -0.339 e. The zero-order chi connectivity index (χ0) is 11.4. The maximum absolute atomic E-state index is 11.2. The van der Waals surface area contributed by atoms with Gasteiger partial charge in [-0.25, -0.2) is 0 Å². The first kappa shape index (κ1) is 11.3. The molecule has 0 N–H and O–H groups in total. The van der Waals surface area contributed by atoms with E-state index >= 15 is 0 Å². The number of hydrogen-bond acceptors (Lipinski definition) is 4. The van der Waals surface area contributed by atoms with Gasteiger partial charge in [0.05, 0.1) is 6.42 Å². The van der Waals surface area contributed by atoms with Gasteiger partial charge in [-0.15, -0.1) is 0 Å². The summed E-state index contributed by atoms with van der Waals surface area (Å²) in [4.78, 5) is 15.6. The van der Waals surface area contributed by atoms with Gasteiger partial charge in [0.1, 0.15) is 5.78 Å². The fourth-order valence-corrected chi connectivity index (χ4v) is 2.16. The fraction of sp³-hybridized carbons (Fsp3) is 0.750. The van der Waals surface area contributed by atoms with E-state index in [-0.39, 0.29) is 12.2 Å². The van der Waals surface area contributed by atoms with Crippen LogP contribution in [0.25, 0.3) is 0 Å². The zero-order valence-corrected chi connectivity index (χ0v) is 9.74. The van der Waals surface area contributed by atoms with E-state index in [1.807, 2.05) is 6.92 Å². The van der Waals surface area contributed by atoms with Crippen LogP contribution in [0.2, 0.25) is 0 Å². The second-order valence-electron chi connectivity index (χ2n) is 4.45. The van der Waals surface area contributed by atoms with E-state index in [0.29, 0.717) is 18.2 Å². The van der Waals surface area contributed by atoms with Crippen LogP contribution in [0.1, 0.15) is 63.1 Å². The van der Waals surface area contributed by atoms with Crippen molar-refractivity contribution in [3.05, 3.63) is 11.7 Å². The average Bonchev–Trinajstić information content (AvgIpc) is 2.78. The Morgan fingerprint density at radius 1 is 1.38 bits per heavy atom. The van der Waals surface area contributed by atoms with E-state index in [0.717, 1.165) is 18.7 Å². The number of rotatable bonds is 4. The second-order valence-corrected chi connectivity index (χ2v) is 4.45. The van der Waals surface area contributed by atoms with Crippen LogP contribution in [-0.4, -0.2) is 15.9 Å². The summed E-state index contributed by atoms with van der Waals surface area (Å²) in [5, 5.41) is 3.99. The molecule has 0 aromatic carbocycles. The summed E-state index contributed by atoms with van der Waals surface area (Å²) in [5.74, 6) is 1.88. The Balaban J connectivity index is 1.98. The van der Waals surface area contributed by atoms with Crippen molar-refractivity contribution in [2.45, 2.75) is 57.8 Å². The van der Waals surface area contributed by atoms with Crippen molar-refractivity contribution in [1.29, 1.82) is 0 Å². The molecule has 4 heteroatoms. The first-order chi connectivity index (χ1) is 7.79. The van der Waals surface area contributed by atoms with Crippen molar-refractivity contribution in [3.63, 3.8) is 0 Å². The summed E-state index contributed by atoms with van der Waals surface area (Å²) in [6, 6.07) is 0. The van der Waals surface area contributed by atoms with Gasteiger partial charge < -0.3 is 4.52 Å². The molecule has 0 bridgehead atoms. The van der Waals surface area contributed by atoms with Crippen LogP contribution < -0.4 is 0 Å². The third kappa shape index (κ3) is 2.68. The fourth-order valence-electron chi connectivity index (χ4n) is 2.16. The average molecular weight is 222 g/mol. The van der Waals surface area contributed by atoms with E-state index in [1.165, 1.54) is 19.3 Å². The highest BCUT2D eigenvalue weighted by molar-refractivity contribution is 5.79. The minimum absolute atomic E-state index is 0.152. The maximum atomic E-state index is 11.2. The number of hydrogen-bond donors (Lipinski definition) is 0. The van der Waals surface area contributed by atoms with Gasteiger partial charge in [-0.1, -0.05) is 31.3 Å². The molecular formula is C12H18N2O2. The maximum Gasteiger partial charge on any atom is 0.234 e. The number of carbonyl (C=O) groups is 1. The van der Waals surface area contributed by atoms with Gasteiger partial charge in [0.15, 0.2) is 5.82 Å². The molecule has 1 aromatic rings. The molecule has 0 saturated heterocycles. The van der Waals surface area contributed by atoms with E-state index in [2.05, 4.69) is 10.1 Å². The Morgan fingerprint density at radius 3 is 2.81 bits per heavy atom. The third-order valence-electron chi connectivity index (χ3n) is 3.20. The standard InChI is InChI=1S/C12H18N2O2/c1-2-10(15)8-11-13-12(14-16-11)9-6-4-3-5-7-9/h9H,2-8H2,1H3. The van der Waals surface area contributed by atoms with Crippen molar-refractivity contribution in [3.8, 4) is 0 Å². The normalized spacial score (nSPS) is 17.6. The molecule has 88 valence electrons. The highest BCUT2D eigenvalue weighted by atomic mass is 16.5. The Kier molecular flexibility index (Phi) is 3.70. The van der Waals surface area contributed by atoms with Crippen LogP contribution in [0.5, 0.6) is 0 Å². The van der Waals surface area contributed by atoms with Gasteiger partial charge in [-0.05, 0) is 12.8 Å². The van der Waals surface area contributed by atoms with Crippen LogP contribution in [0.15, 0.2) is 4.52 Å². The Morgan fingerprint density at radius 2 is 2.12 bits per heavy atom. The molecular weight excluding hydrogens is 204 g/mol. The predicted octanol–water partition coefficient (Wildman–Crippen LogP) is 2.64. The molecule has 0 aliphatic heterocycles. The lowest BCUT2D eigenvalue weighted by atomic mass is 9.89. The van der Waals surface area contributed by atoms with E-state index in [4.69, 9.17) is 4.52 Å². The summed E-state index contributed by atoms with van der Waals surface area (Å²) in [7, 11) is 0. The molecule has 1 aliphatic carbocycles. The molecule has 1 aliphatic rings. The van der Waals surface area contributed by atoms with Crippen molar-refractivity contribution < 1.29 is 9.32 Å². The quantitative estimate of drug-likeness (QED) is 0.785. The van der Waals surface area contributed by atoms with Crippen LogP contribution in [0.4, 0.5) is 0 Å². The topological polar surface area (TPSA) is 56.0 Å². The summed E-state index contributed by atoms with van der Waals surface area (Å²) < 4.78 is 5.11. The largest absolute Gasteiger partial charge is 0.339 e. The number of carbonyl (C=O) groups excluding carboxylic acids is 1. The van der Waals surface area contributed by atoms with Crippen LogP contribution in [0.3, 0.4) is 0 Å². The van der Waals surface area contributed by atoms with E-state index in [1.54, 1.807) is 0 Å². The lowest BCUT2D eigenvalue weighted by Gasteiger charge is -2.17. The van der Waals surface area contributed by atoms with Gasteiger partial charge in [-0.3, -0.25) is 4.79 Å². The molecule has 1 saturated carbocycles. The number of Topliss-reactive ketones (excluding diaryl/α,β-unsaturated/α-hetero) is 1. The van der Waals surface area contributed by atoms with Gasteiger partial charge in [0.2, 0.25) is 5.89 Å². The molecule has 4 nitrogen and oxygen atoms in total. The molecule has 0 unspecified atom stereocenters. The molecule has 0 radical (unpaired) electrons. The highest BCUT2D eigenvalue weighted by Crippen LogP contribution is 2.30. The molecule has 1 aromatic heterocycles. The Hall–Kier alpha value is -1.19. The molecule has 0 spiro atoms. The molecule has 1 fully saturated rings. The first-order valence-corrected chi connectivity index (χ1v) is 6.13. The van der Waals surface area contributed by atoms with Gasteiger partial charge in [-0.2, -0.15) is 4.98 Å². The minimum atomic E-state index is 0.152. The SMILES string of the molecule is CCC(=O)Cc1nc(C2CCCCC2)no1. The Bertz CT molecular complexity index is 354. The summed E-state index contributed by atoms with van der Waals surface area (Å²) in [6.07, 6.45) is 6.94. The van der Waals surface area contributed by atoms with Crippen molar-refractivity contribution in [1.82, 2.24) is 10.1 Å². The molecule has 16 heavy (non-hydrogen) atoms. The summed E-state index contributed by atoms with van der Waals surface area (Å²) in [6.45, 7) is 1.85. The predicted molar refractivity (Wildman–Crippen MR) is 59.1 cm³/mol. The Labute approximate surface area is 95.4 Å². The monoisotopic (exact) mass is 222 g/mol. The summed E-state index contributed by atoms with van der Waals surface area (Å²) in [5.41, 5.74) is 0. The number of ketones is 1. The smallest absolute Gasteiger partial charge is 0.234 e. The zero-order valence-electron chi connectivity index (χ0n) is 9.74. The van der Waals surface area contributed by atoms with Gasteiger partial charge >= 0.3 is 0 Å². The first-order valence-electron chi connectivity index (χ1n) is 6.13. The van der Waals surface area contributed by atoms with Crippen LogP contribution in [0, 0.1) is 0 Å². The molecule has 0 atom stereocenters. The lowest BCUT2D eigenvalue weighted by molar-refractivity contribution is -0.118. The van der Waals surface area contributed by atoms with Gasteiger partial charge in [0, 0.05) is 12.3 Å². The van der Waals surface area contributed by atoms with E-state index in [9.17, 15) is 4.79 Å². The van der Waals surface area contributed by atoms with Crippen LogP contribution >= 0.6 is 0 Å². The number of nitrogens with zero attached hydrogens (tertiary/aromatic N) is 2. The molecule has 0 amide bonds. The van der Waals surface area contributed by atoms with Crippen molar-refractivity contribution >= 4 is 5.78 Å². The molecule has 1 heterocycles. The molecule has 2 rings (SSSR count). The van der Waals surface area contributed by atoms with Crippen LogP contribution in [-0.2, 0) is 11.2 Å². The van der Waals surface area contributed by atoms with E-state index < -0.39 is 0 Å². The van der Waals surface area contributed by atoms with Crippen molar-refractivity contribution in [2.24, 2.45) is 0 Å². The van der Waals surface area contributed by atoms with Crippen molar-refractivity contribution in [2.75, 3.05) is 0 Å².